The van der Waals surface area contributed by atoms with Crippen LogP contribution in [0.3, 0.4) is 0 Å². The molecule has 0 aromatic heterocycles. The Bertz CT molecular complexity index is 546. The summed E-state index contributed by atoms with van der Waals surface area (Å²) in [6.45, 7) is 2.57. The molecule has 0 amide bonds. The number of likely N-dealkylation sites (N-methyl/N-ethyl adjacent to an activating group) is 1. The first-order valence-electron chi connectivity index (χ1n) is 7.14. The third-order valence-corrected chi connectivity index (χ3v) is 6.20. The van der Waals surface area contributed by atoms with Crippen molar-refractivity contribution in [3.63, 3.8) is 0 Å². The van der Waals surface area contributed by atoms with Crippen LogP contribution in [-0.2, 0) is 9.84 Å². The average Bonchev–Trinajstić information content (AvgIpc) is 2.37. The number of benzene rings is 1. The minimum atomic E-state index is -3.10. The first-order valence-corrected chi connectivity index (χ1v) is 8.79. The van der Waals surface area contributed by atoms with E-state index in [-0.39, 0.29) is 11.3 Å². The number of rotatable bonds is 6. The van der Waals surface area contributed by atoms with Crippen molar-refractivity contribution in [3.05, 3.63) is 24.3 Å². The van der Waals surface area contributed by atoms with E-state index in [0.29, 0.717) is 4.90 Å². The number of hydrogen-bond acceptors (Lipinski definition) is 4. The van der Waals surface area contributed by atoms with E-state index >= 15 is 0 Å². The van der Waals surface area contributed by atoms with Crippen LogP contribution < -0.4 is 5.32 Å². The zero-order chi connectivity index (χ0) is 14.8. The van der Waals surface area contributed by atoms with Crippen LogP contribution >= 0.6 is 0 Å². The van der Waals surface area contributed by atoms with Gasteiger partial charge in [0, 0.05) is 17.8 Å². The van der Waals surface area contributed by atoms with E-state index in [9.17, 15) is 8.42 Å². The molecule has 112 valence electrons. The van der Waals surface area contributed by atoms with Crippen LogP contribution in [0.15, 0.2) is 29.2 Å². The smallest absolute Gasteiger partial charge is 0.178 e. The summed E-state index contributed by atoms with van der Waals surface area (Å²) >= 11 is 0. The highest BCUT2D eigenvalue weighted by atomic mass is 32.2. The van der Waals surface area contributed by atoms with Gasteiger partial charge in [0.2, 0.25) is 0 Å². The lowest BCUT2D eigenvalue weighted by Gasteiger charge is -2.47. The minimum absolute atomic E-state index is 0.142. The second-order valence-electron chi connectivity index (χ2n) is 5.75. The number of sulfone groups is 1. The molecule has 1 aromatic rings. The molecule has 0 saturated heterocycles. The molecule has 5 heteroatoms. The lowest BCUT2D eigenvalue weighted by atomic mass is 9.75. The molecule has 1 aliphatic rings. The van der Waals surface area contributed by atoms with Crippen LogP contribution in [-0.4, -0.2) is 45.2 Å². The summed E-state index contributed by atoms with van der Waals surface area (Å²) in [5.41, 5.74) is 1.24. The fourth-order valence-electron chi connectivity index (χ4n) is 2.58. The van der Waals surface area contributed by atoms with Gasteiger partial charge in [-0.05, 0) is 57.6 Å². The van der Waals surface area contributed by atoms with Gasteiger partial charge in [0.05, 0.1) is 10.6 Å². The molecule has 1 aliphatic carbocycles. The highest BCUT2D eigenvalue weighted by molar-refractivity contribution is 7.91. The van der Waals surface area contributed by atoms with Crippen molar-refractivity contribution in [3.8, 4) is 0 Å². The molecular weight excluding hydrogens is 272 g/mol. The van der Waals surface area contributed by atoms with Gasteiger partial charge >= 0.3 is 0 Å². The second kappa shape index (κ2) is 5.74. The zero-order valence-electron chi connectivity index (χ0n) is 12.5. The SMILES string of the molecule is CCS(=O)(=O)c1ccc(NCC2(N(C)C)CCC2)cc1. The summed E-state index contributed by atoms with van der Waals surface area (Å²) in [7, 11) is 1.14. The Morgan fingerprint density at radius 2 is 1.80 bits per heavy atom. The van der Waals surface area contributed by atoms with E-state index in [4.69, 9.17) is 0 Å². The topological polar surface area (TPSA) is 49.4 Å². The van der Waals surface area contributed by atoms with Crippen LogP contribution in [0.25, 0.3) is 0 Å². The molecular formula is C15H24N2O2S. The molecule has 2 rings (SSSR count). The average molecular weight is 296 g/mol. The highest BCUT2D eigenvalue weighted by Crippen LogP contribution is 2.36. The van der Waals surface area contributed by atoms with Gasteiger partial charge in [-0.25, -0.2) is 8.42 Å². The van der Waals surface area contributed by atoms with Gasteiger partial charge in [-0.2, -0.15) is 0 Å². The second-order valence-corrected chi connectivity index (χ2v) is 8.03. The van der Waals surface area contributed by atoms with Gasteiger partial charge in [-0.1, -0.05) is 6.92 Å². The van der Waals surface area contributed by atoms with Crippen molar-refractivity contribution in [1.29, 1.82) is 0 Å². The molecule has 0 aliphatic heterocycles. The maximum atomic E-state index is 11.7. The predicted molar refractivity (Wildman–Crippen MR) is 82.9 cm³/mol. The van der Waals surface area contributed by atoms with E-state index in [1.54, 1.807) is 19.1 Å². The Kier molecular flexibility index (Phi) is 4.39. The summed E-state index contributed by atoms with van der Waals surface area (Å²) in [5, 5.41) is 3.43. The predicted octanol–water partition coefficient (Wildman–Crippen LogP) is 2.38. The number of nitrogens with one attached hydrogen (secondary N) is 1. The molecule has 1 saturated carbocycles. The molecule has 0 unspecified atom stereocenters. The van der Waals surface area contributed by atoms with E-state index in [1.165, 1.54) is 19.3 Å². The fraction of sp³-hybridized carbons (Fsp3) is 0.600. The molecule has 0 radical (unpaired) electrons. The molecule has 0 bridgehead atoms. The Morgan fingerprint density at radius 3 is 2.20 bits per heavy atom. The van der Waals surface area contributed by atoms with Crippen molar-refractivity contribution in [2.24, 2.45) is 0 Å². The van der Waals surface area contributed by atoms with E-state index in [0.717, 1.165) is 12.2 Å². The highest BCUT2D eigenvalue weighted by Gasteiger charge is 2.38. The molecule has 1 aromatic carbocycles. The summed E-state index contributed by atoms with van der Waals surface area (Å²) in [6, 6.07) is 7.07. The van der Waals surface area contributed by atoms with Crippen LogP contribution in [0, 0.1) is 0 Å². The first-order chi connectivity index (χ1) is 9.39. The molecule has 1 N–H and O–H groups in total. The first kappa shape index (κ1) is 15.3. The van der Waals surface area contributed by atoms with Crippen molar-refractivity contribution in [1.82, 2.24) is 4.90 Å². The summed E-state index contributed by atoms with van der Waals surface area (Å²) < 4.78 is 23.5. The Morgan fingerprint density at radius 1 is 1.20 bits per heavy atom. The fourth-order valence-corrected chi connectivity index (χ4v) is 3.46. The normalized spacial score (nSPS) is 17.8. The van der Waals surface area contributed by atoms with Crippen LogP contribution in [0.2, 0.25) is 0 Å². The molecule has 4 nitrogen and oxygen atoms in total. The van der Waals surface area contributed by atoms with Crippen LogP contribution in [0.1, 0.15) is 26.2 Å². The lowest BCUT2D eigenvalue weighted by Crippen LogP contribution is -2.54. The van der Waals surface area contributed by atoms with Gasteiger partial charge in [0.1, 0.15) is 0 Å². The van der Waals surface area contributed by atoms with Gasteiger partial charge < -0.3 is 10.2 Å². The van der Waals surface area contributed by atoms with Gasteiger partial charge in [0.25, 0.3) is 0 Å². The van der Waals surface area contributed by atoms with E-state index in [1.807, 2.05) is 12.1 Å². The Hall–Kier alpha value is -1.07. The van der Waals surface area contributed by atoms with E-state index < -0.39 is 9.84 Å². The van der Waals surface area contributed by atoms with Gasteiger partial charge in [-0.15, -0.1) is 0 Å². The number of anilines is 1. The van der Waals surface area contributed by atoms with Crippen molar-refractivity contribution in [2.75, 3.05) is 31.7 Å². The molecule has 0 spiro atoms. The Labute approximate surface area is 122 Å². The third-order valence-electron chi connectivity index (χ3n) is 4.45. The van der Waals surface area contributed by atoms with Gasteiger partial charge in [0.15, 0.2) is 9.84 Å². The monoisotopic (exact) mass is 296 g/mol. The van der Waals surface area contributed by atoms with Gasteiger partial charge in [-0.3, -0.25) is 0 Å². The summed E-state index contributed by atoms with van der Waals surface area (Å²) in [5.74, 6) is 0.142. The largest absolute Gasteiger partial charge is 0.383 e. The standard InChI is InChI=1S/C15H24N2O2S/c1-4-20(18,19)14-8-6-13(7-9-14)16-12-15(17(2)3)10-5-11-15/h6-9,16H,4-5,10-12H2,1-3H3. The van der Waals surface area contributed by atoms with E-state index in [2.05, 4.69) is 24.3 Å². The van der Waals surface area contributed by atoms with Crippen molar-refractivity contribution < 1.29 is 8.42 Å². The summed E-state index contributed by atoms with van der Waals surface area (Å²) in [4.78, 5) is 2.69. The maximum Gasteiger partial charge on any atom is 0.178 e. The molecule has 0 heterocycles. The third kappa shape index (κ3) is 2.99. The minimum Gasteiger partial charge on any atom is -0.383 e. The lowest BCUT2D eigenvalue weighted by molar-refractivity contribution is 0.0739. The maximum absolute atomic E-state index is 11.7. The molecule has 20 heavy (non-hydrogen) atoms. The Balaban J connectivity index is 2.01. The van der Waals surface area contributed by atoms with Crippen molar-refractivity contribution in [2.45, 2.75) is 36.6 Å². The molecule has 1 fully saturated rings. The van der Waals surface area contributed by atoms with Crippen molar-refractivity contribution >= 4 is 15.5 Å². The zero-order valence-corrected chi connectivity index (χ0v) is 13.3. The van der Waals surface area contributed by atoms with Crippen LogP contribution in [0.4, 0.5) is 5.69 Å². The van der Waals surface area contributed by atoms with Crippen LogP contribution in [0.5, 0.6) is 0 Å². The number of hydrogen-bond donors (Lipinski definition) is 1. The summed E-state index contributed by atoms with van der Waals surface area (Å²) in [6.07, 6.45) is 3.72. The molecule has 0 atom stereocenters. The quantitative estimate of drug-likeness (QED) is 0.875. The number of nitrogens with zero attached hydrogens (tertiary/aromatic N) is 1.